The second-order valence-corrected chi connectivity index (χ2v) is 3.25. The monoisotopic (exact) mass is 162 g/mol. The van der Waals surface area contributed by atoms with E-state index in [0.717, 1.165) is 12.8 Å². The molecule has 1 aliphatic rings. The molecule has 0 aromatic carbocycles. The van der Waals surface area contributed by atoms with Crippen LogP contribution in [0.5, 0.6) is 0 Å². The van der Waals surface area contributed by atoms with E-state index in [0.29, 0.717) is 5.92 Å². The van der Waals surface area contributed by atoms with Crippen molar-refractivity contribution in [1.29, 1.82) is 0 Å². The number of hydrogen-bond acceptors (Lipinski definition) is 0. The van der Waals surface area contributed by atoms with Crippen molar-refractivity contribution in [2.75, 3.05) is 0 Å². The Hall–Kier alpha value is -0.990. The van der Waals surface area contributed by atoms with Crippen LogP contribution in [0.3, 0.4) is 0 Å². The maximum absolute atomic E-state index is 5.30. The Labute approximate surface area is 74.6 Å². The van der Waals surface area contributed by atoms with Crippen LogP contribution in [-0.2, 0) is 0 Å². The van der Waals surface area contributed by atoms with Gasteiger partial charge in [0.05, 0.1) is 5.92 Å². The summed E-state index contributed by atoms with van der Waals surface area (Å²) in [4.78, 5) is 0. The summed E-state index contributed by atoms with van der Waals surface area (Å²) < 4.78 is 4.24. The minimum atomic E-state index is 0.569. The summed E-state index contributed by atoms with van der Waals surface area (Å²) in [5.41, 5.74) is 1.32. The lowest BCUT2D eigenvalue weighted by Crippen LogP contribution is -2.23. The Balaban J connectivity index is 2.39. The second kappa shape index (κ2) is 4.80. The number of unbranched alkanes of at least 4 members (excludes halogenated alkanes) is 1. The van der Waals surface area contributed by atoms with E-state index in [-0.39, 0.29) is 0 Å². The number of terminal acetylenes is 1. The maximum Gasteiger partial charge on any atom is 0.295 e. The van der Waals surface area contributed by atoms with E-state index in [1.165, 1.54) is 25.0 Å². The van der Waals surface area contributed by atoms with E-state index in [1.54, 1.807) is 0 Å². The molecule has 64 valence electrons. The van der Waals surface area contributed by atoms with Crippen molar-refractivity contribution >= 4 is 11.9 Å². The lowest BCUT2D eigenvalue weighted by molar-refractivity contribution is 0.588. The van der Waals surface area contributed by atoms with Gasteiger partial charge in [0.1, 0.15) is 6.42 Å². The van der Waals surface area contributed by atoms with Gasteiger partial charge in [0.15, 0.2) is 0 Å². The molecule has 0 N–H and O–H groups in total. The summed E-state index contributed by atoms with van der Waals surface area (Å²) in [7, 11) is 0. The summed E-state index contributed by atoms with van der Waals surface area (Å²) in [6.45, 7) is 2.21. The number of hydrogen-bond donors (Lipinski definition) is 0. The van der Waals surface area contributed by atoms with Crippen LogP contribution in [0.2, 0.25) is 0 Å². The van der Waals surface area contributed by atoms with Crippen LogP contribution in [-0.4, -0.2) is 11.9 Å². The fourth-order valence-electron chi connectivity index (χ4n) is 1.45. The first-order valence-electron chi connectivity index (χ1n) is 4.70. The molecule has 1 atom stereocenters. The first-order valence-corrected chi connectivity index (χ1v) is 4.70. The van der Waals surface area contributed by atoms with Crippen molar-refractivity contribution < 1.29 is 0 Å². The molecule has 1 nitrogen and oxygen atoms in total. The lowest BCUT2D eigenvalue weighted by Gasteiger charge is -2.08. The molecule has 0 amide bonds. The van der Waals surface area contributed by atoms with Crippen LogP contribution in [0.15, 0.2) is 0 Å². The molecular weight excluding hydrogens is 146 g/mol. The Morgan fingerprint density at radius 3 is 2.92 bits per heavy atom. The molecule has 0 aliphatic carbocycles. The van der Waals surface area contributed by atoms with Gasteiger partial charge in [0.2, 0.25) is 0 Å². The van der Waals surface area contributed by atoms with Gasteiger partial charge in [-0.05, 0) is 6.42 Å². The van der Waals surface area contributed by atoms with E-state index >= 15 is 0 Å². The summed E-state index contributed by atoms with van der Waals surface area (Å²) in [5, 5.41) is 0. The van der Waals surface area contributed by atoms with Gasteiger partial charge in [-0.25, -0.2) is 0 Å². The minimum Gasteiger partial charge on any atom is -0.120 e. The average Bonchev–Trinajstić information content (AvgIpc) is 1.97. The van der Waals surface area contributed by atoms with E-state index < -0.39 is 0 Å². The molecule has 1 heterocycles. The number of nitrogens with zero attached hydrogens (tertiary/aromatic N) is 1. The molecule has 0 aromatic heterocycles. The van der Waals surface area contributed by atoms with Gasteiger partial charge in [-0.3, -0.25) is 0 Å². The third-order valence-electron chi connectivity index (χ3n) is 2.30. The van der Waals surface area contributed by atoms with Gasteiger partial charge in [-0.2, -0.15) is 0 Å². The third-order valence-corrected chi connectivity index (χ3v) is 2.30. The van der Waals surface area contributed by atoms with Crippen LogP contribution in [0.25, 0.3) is 0 Å². The SMILES string of the molecule is C#CCC(CCCC)C1=[N+]=CC1. The summed E-state index contributed by atoms with van der Waals surface area (Å²) in [6, 6.07) is 0. The molecule has 1 unspecified atom stereocenters. The molecule has 0 aromatic rings. The van der Waals surface area contributed by atoms with Crippen LogP contribution >= 0.6 is 0 Å². The van der Waals surface area contributed by atoms with Crippen LogP contribution in [0, 0.1) is 18.3 Å². The summed E-state index contributed by atoms with van der Waals surface area (Å²) in [6.07, 6.45) is 12.9. The molecular formula is C11H16N+. The average molecular weight is 162 g/mol. The van der Waals surface area contributed by atoms with Crippen molar-refractivity contribution in [1.82, 2.24) is 4.67 Å². The molecule has 0 saturated heterocycles. The third kappa shape index (κ3) is 2.26. The zero-order chi connectivity index (χ0) is 8.81. The standard InChI is InChI=1S/C11H16N/c1-3-5-7-10(6-4-2)11-8-9-12-11/h2,9-10H,3,5-8H2,1H3/q+1. The lowest BCUT2D eigenvalue weighted by atomic mass is 9.91. The molecule has 1 heteroatoms. The van der Waals surface area contributed by atoms with Crippen molar-refractivity contribution in [2.45, 2.75) is 39.0 Å². The normalized spacial score (nSPS) is 16.2. The number of rotatable bonds is 5. The molecule has 0 radical (unpaired) electrons. The highest BCUT2D eigenvalue weighted by Gasteiger charge is 2.27. The predicted octanol–water partition coefficient (Wildman–Crippen LogP) is 1.80. The quantitative estimate of drug-likeness (QED) is 0.432. The van der Waals surface area contributed by atoms with Gasteiger partial charge in [-0.1, -0.05) is 19.8 Å². The van der Waals surface area contributed by atoms with Crippen molar-refractivity contribution in [2.24, 2.45) is 5.92 Å². The first kappa shape index (κ1) is 9.10. The van der Waals surface area contributed by atoms with E-state index in [9.17, 15) is 0 Å². The fourth-order valence-corrected chi connectivity index (χ4v) is 1.45. The molecule has 12 heavy (non-hydrogen) atoms. The van der Waals surface area contributed by atoms with Gasteiger partial charge >= 0.3 is 0 Å². The topological polar surface area (TPSA) is 14.1 Å². The van der Waals surface area contributed by atoms with Crippen molar-refractivity contribution in [3.8, 4) is 12.3 Å². The van der Waals surface area contributed by atoms with Gasteiger partial charge < -0.3 is 0 Å². The van der Waals surface area contributed by atoms with E-state index in [4.69, 9.17) is 6.42 Å². The predicted molar refractivity (Wildman–Crippen MR) is 54.3 cm³/mol. The Bertz CT molecular complexity index is 238. The van der Waals surface area contributed by atoms with Crippen LogP contribution in [0.1, 0.15) is 39.0 Å². The highest BCUT2D eigenvalue weighted by molar-refractivity contribution is 6.03. The maximum atomic E-state index is 5.30. The van der Waals surface area contributed by atoms with Crippen molar-refractivity contribution in [3.63, 3.8) is 0 Å². The Morgan fingerprint density at radius 2 is 2.50 bits per heavy atom. The second-order valence-electron chi connectivity index (χ2n) is 3.25. The van der Waals surface area contributed by atoms with Gasteiger partial charge in [0, 0.05) is 6.42 Å². The zero-order valence-corrected chi connectivity index (χ0v) is 7.71. The molecule has 0 saturated carbocycles. The van der Waals surface area contributed by atoms with Crippen LogP contribution < -0.4 is 4.67 Å². The van der Waals surface area contributed by atoms with Crippen LogP contribution in [0.4, 0.5) is 0 Å². The molecule has 1 rings (SSSR count). The van der Waals surface area contributed by atoms with Gasteiger partial charge in [-0.15, -0.1) is 17.0 Å². The smallest absolute Gasteiger partial charge is 0.120 e. The largest absolute Gasteiger partial charge is 0.295 e. The highest BCUT2D eigenvalue weighted by Crippen LogP contribution is 2.15. The van der Waals surface area contributed by atoms with Crippen molar-refractivity contribution in [3.05, 3.63) is 0 Å². The molecule has 1 aliphatic heterocycles. The minimum absolute atomic E-state index is 0.569. The zero-order valence-electron chi connectivity index (χ0n) is 7.71. The first-order chi connectivity index (χ1) is 5.88. The summed E-state index contributed by atoms with van der Waals surface area (Å²) >= 11 is 0. The molecule has 0 bridgehead atoms. The molecule has 0 spiro atoms. The summed E-state index contributed by atoms with van der Waals surface area (Å²) in [5.74, 6) is 3.30. The van der Waals surface area contributed by atoms with E-state index in [2.05, 4.69) is 17.5 Å². The molecule has 0 fully saturated rings. The Morgan fingerprint density at radius 1 is 1.75 bits per heavy atom. The van der Waals surface area contributed by atoms with E-state index in [1.807, 2.05) is 6.21 Å². The fraction of sp³-hybridized carbons (Fsp3) is 0.636. The highest BCUT2D eigenvalue weighted by atomic mass is 14.7. The Kier molecular flexibility index (Phi) is 3.64. The van der Waals surface area contributed by atoms with Gasteiger partial charge in [0.25, 0.3) is 11.9 Å².